The zero-order chi connectivity index (χ0) is 20.5. The number of fused-ring (bicyclic) bond motifs is 7. The second-order valence-corrected chi connectivity index (χ2v) is 9.04. The summed E-state index contributed by atoms with van der Waals surface area (Å²) in [7, 11) is 0. The molecule has 0 saturated heterocycles. The van der Waals surface area contributed by atoms with Gasteiger partial charge in [0.05, 0.1) is 0 Å². The number of hydrogen-bond donors (Lipinski definition) is 0. The Hall–Kier alpha value is -3.38. The first kappa shape index (κ1) is 17.5. The van der Waals surface area contributed by atoms with Gasteiger partial charge in [-0.2, -0.15) is 0 Å². The van der Waals surface area contributed by atoms with Crippen LogP contribution in [-0.2, 0) is 5.41 Å². The van der Waals surface area contributed by atoms with Gasteiger partial charge in [-0.25, -0.2) is 0 Å². The number of hydrogen-bond acceptors (Lipinski definition) is 0. The normalized spacial score (nSPS) is 14.1. The van der Waals surface area contributed by atoms with Crippen molar-refractivity contribution in [3.63, 3.8) is 0 Å². The van der Waals surface area contributed by atoms with Crippen LogP contribution in [0.4, 0.5) is 0 Å². The summed E-state index contributed by atoms with van der Waals surface area (Å²) in [5, 5.41) is 5.42. The Morgan fingerprint density at radius 2 is 1.03 bits per heavy atom. The molecule has 0 N–H and O–H groups in total. The van der Waals surface area contributed by atoms with Crippen LogP contribution in [-0.4, -0.2) is 0 Å². The molecule has 0 radical (unpaired) electrons. The first-order valence-corrected chi connectivity index (χ1v) is 10.7. The number of benzene rings is 5. The number of rotatable bonds is 1. The first-order valence-electron chi connectivity index (χ1n) is 10.7. The second-order valence-electron chi connectivity index (χ2n) is 9.04. The Bertz CT molecular complexity index is 1450. The molecule has 0 heterocycles. The lowest BCUT2D eigenvalue weighted by atomic mass is 9.80. The molecule has 0 atom stereocenters. The third-order valence-corrected chi connectivity index (χ3v) is 6.98. The molecule has 0 amide bonds. The summed E-state index contributed by atoms with van der Waals surface area (Å²) in [4.78, 5) is 0. The maximum absolute atomic E-state index is 2.46. The largest absolute Gasteiger partial charge is 0.0622 e. The van der Waals surface area contributed by atoms with E-state index in [9.17, 15) is 0 Å². The molecule has 0 saturated carbocycles. The van der Waals surface area contributed by atoms with Crippen molar-refractivity contribution in [2.24, 2.45) is 0 Å². The summed E-state index contributed by atoms with van der Waals surface area (Å²) < 4.78 is 0. The van der Waals surface area contributed by atoms with Crippen LogP contribution < -0.4 is 0 Å². The van der Waals surface area contributed by atoms with Gasteiger partial charge in [0.25, 0.3) is 0 Å². The quantitative estimate of drug-likeness (QED) is 0.273. The van der Waals surface area contributed by atoms with E-state index in [-0.39, 0.29) is 5.41 Å². The van der Waals surface area contributed by atoms with Crippen LogP contribution in [0.5, 0.6) is 0 Å². The molecule has 0 heteroatoms. The lowest BCUT2D eigenvalue weighted by Crippen LogP contribution is -2.15. The highest BCUT2D eigenvalue weighted by Gasteiger charge is 2.38. The predicted molar refractivity (Wildman–Crippen MR) is 129 cm³/mol. The lowest BCUT2D eigenvalue weighted by molar-refractivity contribution is 0.661. The summed E-state index contributed by atoms with van der Waals surface area (Å²) in [6.45, 7) is 7.01. The van der Waals surface area contributed by atoms with Crippen LogP contribution in [0.25, 0.3) is 43.8 Å². The summed E-state index contributed by atoms with van der Waals surface area (Å²) in [6.07, 6.45) is 0. The van der Waals surface area contributed by atoms with E-state index in [2.05, 4.69) is 112 Å². The summed E-state index contributed by atoms with van der Waals surface area (Å²) in [6, 6.07) is 33.5. The molecule has 5 aromatic carbocycles. The molecular formula is C30H24. The van der Waals surface area contributed by atoms with Gasteiger partial charge in [-0.05, 0) is 73.5 Å². The third kappa shape index (κ3) is 2.22. The van der Waals surface area contributed by atoms with Crippen LogP contribution >= 0.6 is 0 Å². The first-order chi connectivity index (χ1) is 14.6. The zero-order valence-electron chi connectivity index (χ0n) is 17.7. The average molecular weight is 385 g/mol. The topological polar surface area (TPSA) is 0 Å². The Morgan fingerprint density at radius 1 is 0.533 bits per heavy atom. The van der Waals surface area contributed by atoms with Crippen LogP contribution in [0.1, 0.15) is 30.5 Å². The highest BCUT2D eigenvalue weighted by Crippen LogP contribution is 2.55. The van der Waals surface area contributed by atoms with E-state index in [1.165, 1.54) is 60.5 Å². The highest BCUT2D eigenvalue weighted by atomic mass is 14.4. The lowest BCUT2D eigenvalue weighted by Gasteiger charge is -2.23. The molecule has 1 aliphatic rings. The van der Waals surface area contributed by atoms with Crippen molar-refractivity contribution in [1.29, 1.82) is 0 Å². The zero-order valence-corrected chi connectivity index (χ0v) is 17.7. The molecule has 6 rings (SSSR count). The van der Waals surface area contributed by atoms with Crippen molar-refractivity contribution in [2.45, 2.75) is 26.2 Å². The van der Waals surface area contributed by atoms with Crippen molar-refractivity contribution in [1.82, 2.24) is 0 Å². The molecule has 0 nitrogen and oxygen atoms in total. The van der Waals surface area contributed by atoms with Crippen molar-refractivity contribution in [3.8, 4) is 22.3 Å². The number of aryl methyl sites for hydroxylation is 1. The second kappa shape index (κ2) is 6.06. The Balaban J connectivity index is 1.82. The molecule has 30 heavy (non-hydrogen) atoms. The van der Waals surface area contributed by atoms with Gasteiger partial charge in [0.2, 0.25) is 0 Å². The van der Waals surface area contributed by atoms with E-state index in [0.717, 1.165) is 0 Å². The third-order valence-electron chi connectivity index (χ3n) is 6.98. The summed E-state index contributed by atoms with van der Waals surface area (Å²) >= 11 is 0. The Labute approximate surface area is 177 Å². The SMILES string of the molecule is Cc1cc2c(c3ccccc13)-c1c(cc(-c3ccccc3)c3ccccc13)C2(C)C. The molecule has 0 unspecified atom stereocenters. The predicted octanol–water partition coefficient (Wildman–Crippen LogP) is 8.27. The fourth-order valence-corrected chi connectivity index (χ4v) is 5.46. The van der Waals surface area contributed by atoms with E-state index >= 15 is 0 Å². The van der Waals surface area contributed by atoms with E-state index in [1.807, 2.05) is 0 Å². The van der Waals surface area contributed by atoms with Crippen molar-refractivity contribution in [2.75, 3.05) is 0 Å². The minimum absolute atomic E-state index is 0.0347. The molecule has 0 aromatic heterocycles. The highest BCUT2D eigenvalue weighted by molar-refractivity contribution is 6.14. The molecule has 0 bridgehead atoms. The van der Waals surface area contributed by atoms with Gasteiger partial charge in [0.15, 0.2) is 0 Å². The van der Waals surface area contributed by atoms with Crippen LogP contribution in [0.2, 0.25) is 0 Å². The standard InChI is InChI=1S/C30H24/c1-19-17-26-28(23-15-9-7-13-21(19)23)29-24-16-10-8-14-22(24)25(18-27(29)30(26,2)3)20-11-5-4-6-12-20/h4-18H,1-3H3. The molecule has 0 fully saturated rings. The molecule has 0 aliphatic heterocycles. The van der Waals surface area contributed by atoms with Gasteiger partial charge in [0.1, 0.15) is 0 Å². The fourth-order valence-electron chi connectivity index (χ4n) is 5.46. The van der Waals surface area contributed by atoms with Gasteiger partial charge >= 0.3 is 0 Å². The van der Waals surface area contributed by atoms with Gasteiger partial charge in [-0.15, -0.1) is 0 Å². The fraction of sp³-hybridized carbons (Fsp3) is 0.133. The Kier molecular flexibility index (Phi) is 3.53. The van der Waals surface area contributed by atoms with E-state index in [4.69, 9.17) is 0 Å². The molecule has 5 aromatic rings. The van der Waals surface area contributed by atoms with Crippen molar-refractivity contribution < 1.29 is 0 Å². The van der Waals surface area contributed by atoms with E-state index in [0.29, 0.717) is 0 Å². The minimum Gasteiger partial charge on any atom is -0.0622 e. The van der Waals surface area contributed by atoms with E-state index in [1.54, 1.807) is 0 Å². The Morgan fingerprint density at radius 3 is 1.70 bits per heavy atom. The van der Waals surface area contributed by atoms with Crippen molar-refractivity contribution >= 4 is 21.5 Å². The maximum atomic E-state index is 2.46. The van der Waals surface area contributed by atoms with Gasteiger partial charge in [-0.1, -0.05) is 98.8 Å². The van der Waals surface area contributed by atoms with Crippen molar-refractivity contribution in [3.05, 3.63) is 108 Å². The minimum atomic E-state index is -0.0347. The maximum Gasteiger partial charge on any atom is 0.0159 e. The molecule has 0 spiro atoms. The van der Waals surface area contributed by atoms with Gasteiger partial charge in [-0.3, -0.25) is 0 Å². The molecule has 144 valence electrons. The van der Waals surface area contributed by atoms with E-state index < -0.39 is 0 Å². The van der Waals surface area contributed by atoms with Crippen LogP contribution in [0.3, 0.4) is 0 Å². The van der Waals surface area contributed by atoms with Gasteiger partial charge in [0, 0.05) is 5.41 Å². The average Bonchev–Trinajstić information content (AvgIpc) is 3.01. The molecule has 1 aliphatic carbocycles. The van der Waals surface area contributed by atoms with Gasteiger partial charge < -0.3 is 0 Å². The monoisotopic (exact) mass is 384 g/mol. The summed E-state index contributed by atoms with van der Waals surface area (Å²) in [5.74, 6) is 0. The van der Waals surface area contributed by atoms with Crippen LogP contribution in [0.15, 0.2) is 91.0 Å². The van der Waals surface area contributed by atoms with Crippen LogP contribution in [0, 0.1) is 6.92 Å². The molecular weight excluding hydrogens is 360 g/mol. The smallest absolute Gasteiger partial charge is 0.0159 e. The summed E-state index contributed by atoms with van der Waals surface area (Å²) in [5.41, 5.74) is 9.66.